The van der Waals surface area contributed by atoms with Gasteiger partial charge < -0.3 is 19.1 Å². The van der Waals surface area contributed by atoms with Crippen LogP contribution >= 0.6 is 0 Å². The summed E-state index contributed by atoms with van der Waals surface area (Å²) in [6, 6.07) is 16.2. The lowest BCUT2D eigenvalue weighted by Crippen LogP contribution is -2.59. The fourth-order valence-corrected chi connectivity index (χ4v) is 4.06. The molecule has 3 heterocycles. The Morgan fingerprint density at radius 3 is 1.48 bits per heavy atom. The van der Waals surface area contributed by atoms with Crippen LogP contribution in [0.1, 0.15) is 0 Å². The van der Waals surface area contributed by atoms with E-state index >= 15 is 0 Å². The van der Waals surface area contributed by atoms with E-state index in [-0.39, 0.29) is 6.71 Å². The summed E-state index contributed by atoms with van der Waals surface area (Å²) in [7, 11) is 4.04. The normalized spacial score (nSPS) is 14.1. The van der Waals surface area contributed by atoms with Crippen molar-refractivity contribution < 1.29 is 14.2 Å². The third kappa shape index (κ3) is 1.58. The highest BCUT2D eigenvalue weighted by Gasteiger charge is 2.46. The SMILES string of the molecule is CN(C)c1cc2c3c(c1)Oc1cccc4c1B3c1c(cccc1O2)O4. The fourth-order valence-electron chi connectivity index (χ4n) is 4.06. The third-order valence-electron chi connectivity index (χ3n) is 5.18. The number of hydrogen-bond donors (Lipinski definition) is 0. The van der Waals surface area contributed by atoms with Gasteiger partial charge in [-0.2, -0.15) is 0 Å². The zero-order valence-corrected chi connectivity index (χ0v) is 13.9. The molecule has 0 aliphatic carbocycles. The van der Waals surface area contributed by atoms with Gasteiger partial charge in [0.05, 0.1) is 0 Å². The summed E-state index contributed by atoms with van der Waals surface area (Å²) >= 11 is 0. The smallest absolute Gasteiger partial charge is 0.270 e. The molecule has 0 spiro atoms. The second-order valence-corrected chi connectivity index (χ2v) is 6.83. The largest absolute Gasteiger partial charge is 0.458 e. The highest BCUT2D eigenvalue weighted by molar-refractivity contribution is 6.99. The molecule has 6 rings (SSSR count). The van der Waals surface area contributed by atoms with Gasteiger partial charge in [-0.25, -0.2) is 0 Å². The van der Waals surface area contributed by atoms with Crippen molar-refractivity contribution in [1.82, 2.24) is 0 Å². The molecular weight excluding hydrogens is 313 g/mol. The van der Waals surface area contributed by atoms with Crippen LogP contribution in [0.2, 0.25) is 0 Å². The number of anilines is 1. The van der Waals surface area contributed by atoms with Gasteiger partial charge >= 0.3 is 0 Å². The molecule has 4 nitrogen and oxygen atoms in total. The van der Waals surface area contributed by atoms with Gasteiger partial charge in [0, 0.05) is 48.3 Å². The van der Waals surface area contributed by atoms with E-state index in [2.05, 4.69) is 17.0 Å². The first kappa shape index (κ1) is 13.2. The van der Waals surface area contributed by atoms with E-state index in [1.165, 1.54) is 0 Å². The van der Waals surface area contributed by atoms with E-state index in [1.54, 1.807) is 0 Å². The van der Waals surface area contributed by atoms with Crippen molar-refractivity contribution in [1.29, 1.82) is 0 Å². The molecule has 0 atom stereocenters. The van der Waals surface area contributed by atoms with Crippen molar-refractivity contribution in [2.24, 2.45) is 0 Å². The first-order chi connectivity index (χ1) is 12.2. The Labute approximate surface area is 145 Å². The number of ether oxygens (including phenoxy) is 3. The predicted molar refractivity (Wildman–Crippen MR) is 98.5 cm³/mol. The first-order valence-corrected chi connectivity index (χ1v) is 8.35. The van der Waals surface area contributed by atoms with Crippen molar-refractivity contribution in [3.63, 3.8) is 0 Å². The number of nitrogens with zero attached hydrogens (tertiary/aromatic N) is 1. The van der Waals surface area contributed by atoms with Gasteiger partial charge in [-0.05, 0) is 24.3 Å². The predicted octanol–water partition coefficient (Wildman–Crippen LogP) is 2.59. The van der Waals surface area contributed by atoms with Gasteiger partial charge in [-0.15, -0.1) is 0 Å². The monoisotopic (exact) mass is 327 g/mol. The summed E-state index contributed by atoms with van der Waals surface area (Å²) in [6.07, 6.45) is 0. The molecule has 0 fully saturated rings. The second-order valence-electron chi connectivity index (χ2n) is 6.83. The molecular formula is C20H14BNO3. The molecule has 0 N–H and O–H groups in total. The molecule has 0 radical (unpaired) electrons. The van der Waals surface area contributed by atoms with Crippen LogP contribution in [-0.4, -0.2) is 20.8 Å². The molecule has 3 aromatic carbocycles. The topological polar surface area (TPSA) is 30.9 Å². The van der Waals surface area contributed by atoms with Crippen LogP contribution in [0.4, 0.5) is 5.69 Å². The van der Waals surface area contributed by atoms with E-state index in [0.29, 0.717) is 0 Å². The van der Waals surface area contributed by atoms with Crippen LogP contribution < -0.4 is 35.5 Å². The highest BCUT2D eigenvalue weighted by Crippen LogP contribution is 2.42. The van der Waals surface area contributed by atoms with Gasteiger partial charge in [0.1, 0.15) is 34.5 Å². The van der Waals surface area contributed by atoms with Crippen LogP contribution in [0.5, 0.6) is 34.5 Å². The first-order valence-electron chi connectivity index (χ1n) is 8.35. The quantitative estimate of drug-likeness (QED) is 0.435. The van der Waals surface area contributed by atoms with Crippen LogP contribution in [0.3, 0.4) is 0 Å². The molecule has 0 saturated heterocycles. The highest BCUT2D eigenvalue weighted by atomic mass is 16.5. The number of rotatable bonds is 1. The minimum Gasteiger partial charge on any atom is -0.458 e. The average Bonchev–Trinajstić information content (AvgIpc) is 2.61. The lowest BCUT2D eigenvalue weighted by Gasteiger charge is -2.37. The summed E-state index contributed by atoms with van der Waals surface area (Å²) in [4.78, 5) is 2.06. The third-order valence-corrected chi connectivity index (χ3v) is 5.18. The maximum absolute atomic E-state index is 6.25. The van der Waals surface area contributed by atoms with Gasteiger partial charge in [-0.1, -0.05) is 12.1 Å². The maximum Gasteiger partial charge on any atom is 0.270 e. The minimum absolute atomic E-state index is 0.0925. The zero-order chi connectivity index (χ0) is 16.7. The Kier molecular flexibility index (Phi) is 2.28. The fraction of sp³-hybridized carbons (Fsp3) is 0.100. The standard InChI is InChI=1S/C20H14BNO3/c1-22(2)11-9-16-20-17(10-11)25-15-8-4-6-13-19(15)21(20)18-12(23-13)5-3-7-14(18)24-16/h3-10H,1-2H3. The van der Waals surface area contributed by atoms with Crippen molar-refractivity contribution in [2.45, 2.75) is 0 Å². The van der Waals surface area contributed by atoms with Gasteiger partial charge in [0.25, 0.3) is 6.71 Å². The van der Waals surface area contributed by atoms with Crippen molar-refractivity contribution >= 4 is 28.8 Å². The Bertz CT molecular complexity index is 1000. The molecule has 0 bridgehead atoms. The Morgan fingerprint density at radius 2 is 1.04 bits per heavy atom. The summed E-state index contributed by atoms with van der Waals surface area (Å²) in [5.74, 6) is 5.17. The molecule has 0 saturated carbocycles. The van der Waals surface area contributed by atoms with E-state index in [1.807, 2.05) is 50.5 Å². The molecule has 5 heteroatoms. The van der Waals surface area contributed by atoms with Crippen LogP contribution in [0.25, 0.3) is 0 Å². The molecule has 120 valence electrons. The van der Waals surface area contributed by atoms with E-state index < -0.39 is 0 Å². The minimum atomic E-state index is 0.0925. The molecule has 0 unspecified atom stereocenters. The molecule has 0 aromatic heterocycles. The average molecular weight is 327 g/mol. The van der Waals surface area contributed by atoms with Crippen LogP contribution in [0.15, 0.2) is 48.5 Å². The Morgan fingerprint density at radius 1 is 0.640 bits per heavy atom. The van der Waals surface area contributed by atoms with Gasteiger partial charge in [0.15, 0.2) is 0 Å². The van der Waals surface area contributed by atoms with Crippen molar-refractivity contribution in [3.8, 4) is 34.5 Å². The molecule has 3 aliphatic rings. The zero-order valence-electron chi connectivity index (χ0n) is 13.9. The molecule has 0 amide bonds. The van der Waals surface area contributed by atoms with E-state index in [0.717, 1.165) is 56.6 Å². The summed E-state index contributed by atoms with van der Waals surface area (Å²) in [5.41, 5.74) is 4.34. The molecule has 25 heavy (non-hydrogen) atoms. The number of hydrogen-bond acceptors (Lipinski definition) is 4. The van der Waals surface area contributed by atoms with Crippen LogP contribution in [0, 0.1) is 0 Å². The Hall–Kier alpha value is -3.08. The summed E-state index contributed by atoms with van der Waals surface area (Å²) in [5, 5.41) is 0. The van der Waals surface area contributed by atoms with E-state index in [9.17, 15) is 0 Å². The lowest BCUT2D eigenvalue weighted by molar-refractivity contribution is 0.443. The second kappa shape index (κ2) is 4.31. The van der Waals surface area contributed by atoms with Gasteiger partial charge in [0.2, 0.25) is 0 Å². The van der Waals surface area contributed by atoms with Crippen molar-refractivity contribution in [2.75, 3.05) is 19.0 Å². The van der Waals surface area contributed by atoms with Crippen LogP contribution in [-0.2, 0) is 0 Å². The number of benzene rings is 3. The molecule has 3 aliphatic heterocycles. The lowest BCUT2D eigenvalue weighted by atomic mass is 9.34. The molecule has 3 aromatic rings. The maximum atomic E-state index is 6.25. The van der Waals surface area contributed by atoms with Gasteiger partial charge in [-0.3, -0.25) is 0 Å². The van der Waals surface area contributed by atoms with Crippen molar-refractivity contribution in [3.05, 3.63) is 48.5 Å². The summed E-state index contributed by atoms with van der Waals surface area (Å²) < 4.78 is 18.7. The van der Waals surface area contributed by atoms with E-state index in [4.69, 9.17) is 14.2 Å². The summed E-state index contributed by atoms with van der Waals surface area (Å²) in [6.45, 7) is 0.0925. The Balaban J connectivity index is 1.73.